The third kappa shape index (κ3) is 3.26. The number of rotatable bonds is 2. The number of benzene rings is 1. The summed E-state index contributed by atoms with van der Waals surface area (Å²) >= 11 is 1.73. The zero-order chi connectivity index (χ0) is 15.0. The van der Waals surface area contributed by atoms with E-state index in [1.807, 2.05) is 18.2 Å². The molecule has 2 nitrogen and oxygen atoms in total. The molecule has 0 bridgehead atoms. The fourth-order valence-corrected chi connectivity index (χ4v) is 4.53. The van der Waals surface area contributed by atoms with E-state index in [0.717, 1.165) is 15.6 Å². The molecule has 0 amide bonds. The van der Waals surface area contributed by atoms with Crippen molar-refractivity contribution in [2.75, 3.05) is 0 Å². The molecule has 0 radical (unpaired) electrons. The van der Waals surface area contributed by atoms with Crippen molar-refractivity contribution in [1.82, 2.24) is 10.2 Å². The van der Waals surface area contributed by atoms with Gasteiger partial charge in [0.05, 0.1) is 0 Å². The van der Waals surface area contributed by atoms with Gasteiger partial charge in [0.15, 0.2) is 0 Å². The molecular formula is C17H24N2S. The highest BCUT2D eigenvalue weighted by atomic mass is 32.1. The average Bonchev–Trinajstić information content (AvgIpc) is 2.75. The van der Waals surface area contributed by atoms with Crippen LogP contribution in [0.4, 0.5) is 0 Å². The molecule has 1 aromatic carbocycles. The van der Waals surface area contributed by atoms with Gasteiger partial charge in [0.25, 0.3) is 0 Å². The van der Waals surface area contributed by atoms with Crippen molar-refractivity contribution in [3.63, 3.8) is 0 Å². The average molecular weight is 288 g/mol. The summed E-state index contributed by atoms with van der Waals surface area (Å²) in [4.78, 5) is 0. The van der Waals surface area contributed by atoms with Gasteiger partial charge in [0.2, 0.25) is 0 Å². The molecule has 1 aromatic heterocycles. The van der Waals surface area contributed by atoms with E-state index in [2.05, 4.69) is 63.9 Å². The fraction of sp³-hybridized carbons (Fsp3) is 0.529. The maximum absolute atomic E-state index is 4.49. The van der Waals surface area contributed by atoms with E-state index in [4.69, 9.17) is 0 Å². The van der Waals surface area contributed by atoms with Crippen molar-refractivity contribution in [3.05, 3.63) is 35.3 Å². The van der Waals surface area contributed by atoms with Crippen LogP contribution >= 0.6 is 11.3 Å². The Morgan fingerprint density at radius 3 is 1.90 bits per heavy atom. The molecule has 2 aromatic rings. The summed E-state index contributed by atoms with van der Waals surface area (Å²) in [5.74, 6) is 0.393. The van der Waals surface area contributed by atoms with Gasteiger partial charge in [-0.3, -0.25) is 0 Å². The lowest BCUT2D eigenvalue weighted by molar-refractivity contribution is 0.175. The monoisotopic (exact) mass is 288 g/mol. The summed E-state index contributed by atoms with van der Waals surface area (Å²) in [6.07, 6.45) is 0. The molecule has 0 saturated heterocycles. The summed E-state index contributed by atoms with van der Waals surface area (Å²) in [6, 6.07) is 10.3. The minimum Gasteiger partial charge on any atom is -0.143 e. The van der Waals surface area contributed by atoms with Gasteiger partial charge in [-0.05, 0) is 10.8 Å². The molecule has 0 aliphatic carbocycles. The Kier molecular flexibility index (Phi) is 4.01. The predicted octanol–water partition coefficient (Wildman–Crippen LogP) is 5.38. The summed E-state index contributed by atoms with van der Waals surface area (Å²) < 4.78 is 0. The smallest absolute Gasteiger partial charge is 0.143 e. The molecule has 0 aliphatic heterocycles. The van der Waals surface area contributed by atoms with Gasteiger partial charge >= 0.3 is 0 Å². The van der Waals surface area contributed by atoms with Crippen LogP contribution in [0.3, 0.4) is 0 Å². The van der Waals surface area contributed by atoms with E-state index in [-0.39, 0.29) is 10.8 Å². The maximum atomic E-state index is 4.49. The van der Waals surface area contributed by atoms with Crippen molar-refractivity contribution >= 4 is 11.3 Å². The molecule has 0 fully saturated rings. The van der Waals surface area contributed by atoms with Crippen molar-refractivity contribution < 1.29 is 0 Å². The lowest BCUT2D eigenvalue weighted by atomic mass is 9.67. The van der Waals surface area contributed by atoms with E-state index >= 15 is 0 Å². The topological polar surface area (TPSA) is 25.8 Å². The van der Waals surface area contributed by atoms with E-state index < -0.39 is 0 Å². The van der Waals surface area contributed by atoms with Crippen LogP contribution in [0, 0.1) is 10.8 Å². The molecule has 0 aliphatic rings. The minimum absolute atomic E-state index is 0.172. The van der Waals surface area contributed by atoms with Gasteiger partial charge in [-0.2, -0.15) is 0 Å². The number of aromatic nitrogens is 2. The first kappa shape index (κ1) is 15.2. The van der Waals surface area contributed by atoms with Crippen LogP contribution in [0.15, 0.2) is 30.3 Å². The van der Waals surface area contributed by atoms with E-state index in [1.54, 1.807) is 11.3 Å². The van der Waals surface area contributed by atoms with Crippen molar-refractivity contribution in [3.8, 4) is 10.6 Å². The van der Waals surface area contributed by atoms with Crippen LogP contribution in [-0.2, 0) is 0 Å². The zero-order valence-corrected chi connectivity index (χ0v) is 14.1. The van der Waals surface area contributed by atoms with E-state index in [0.29, 0.717) is 5.92 Å². The molecule has 0 unspecified atom stereocenters. The first-order chi connectivity index (χ1) is 9.19. The fourth-order valence-electron chi connectivity index (χ4n) is 3.09. The second-order valence-electron chi connectivity index (χ2n) is 7.48. The van der Waals surface area contributed by atoms with Gasteiger partial charge in [-0.25, -0.2) is 0 Å². The highest BCUT2D eigenvalue weighted by Crippen LogP contribution is 2.48. The highest BCUT2D eigenvalue weighted by molar-refractivity contribution is 7.14. The van der Waals surface area contributed by atoms with Gasteiger partial charge < -0.3 is 0 Å². The van der Waals surface area contributed by atoms with E-state index in [1.165, 1.54) is 0 Å². The Morgan fingerprint density at radius 1 is 0.850 bits per heavy atom. The third-order valence-corrected chi connectivity index (χ3v) is 4.48. The van der Waals surface area contributed by atoms with Gasteiger partial charge in [-0.15, -0.1) is 10.2 Å². The van der Waals surface area contributed by atoms with Crippen LogP contribution in [0.1, 0.15) is 52.5 Å². The van der Waals surface area contributed by atoms with E-state index in [9.17, 15) is 0 Å². The number of hydrogen-bond acceptors (Lipinski definition) is 3. The largest absolute Gasteiger partial charge is 0.147 e. The minimum atomic E-state index is 0.172. The van der Waals surface area contributed by atoms with Crippen molar-refractivity contribution in [2.24, 2.45) is 10.8 Å². The first-order valence-electron chi connectivity index (χ1n) is 7.08. The molecule has 0 spiro atoms. The second kappa shape index (κ2) is 5.28. The predicted molar refractivity (Wildman–Crippen MR) is 87.0 cm³/mol. The first-order valence-corrected chi connectivity index (χ1v) is 7.90. The Labute approximate surface area is 126 Å². The van der Waals surface area contributed by atoms with Crippen LogP contribution < -0.4 is 0 Å². The second-order valence-corrected chi connectivity index (χ2v) is 8.49. The Hall–Kier alpha value is -1.22. The van der Waals surface area contributed by atoms with Crippen LogP contribution in [0.25, 0.3) is 10.6 Å². The molecule has 0 atom stereocenters. The summed E-state index contributed by atoms with van der Waals surface area (Å²) in [5, 5.41) is 11.1. The molecule has 108 valence electrons. The Bertz CT molecular complexity index is 545. The molecular weight excluding hydrogens is 264 g/mol. The van der Waals surface area contributed by atoms with Crippen LogP contribution in [-0.4, -0.2) is 10.2 Å². The van der Waals surface area contributed by atoms with Gasteiger partial charge in [-0.1, -0.05) is 83.2 Å². The van der Waals surface area contributed by atoms with Crippen molar-refractivity contribution in [1.29, 1.82) is 0 Å². The summed E-state index contributed by atoms with van der Waals surface area (Å²) in [6.45, 7) is 13.7. The normalized spacial score (nSPS) is 12.9. The highest BCUT2D eigenvalue weighted by Gasteiger charge is 2.38. The van der Waals surface area contributed by atoms with Crippen LogP contribution in [0.5, 0.6) is 0 Å². The molecule has 3 heteroatoms. The Balaban J connectivity index is 2.41. The van der Waals surface area contributed by atoms with Gasteiger partial charge in [0, 0.05) is 11.5 Å². The SMILES string of the molecule is CC(C)(C)C(c1nnc(-c2ccccc2)s1)C(C)(C)C. The number of hydrogen-bond donors (Lipinski definition) is 0. The lowest BCUT2D eigenvalue weighted by Crippen LogP contribution is -2.30. The molecule has 20 heavy (non-hydrogen) atoms. The molecule has 1 heterocycles. The zero-order valence-electron chi connectivity index (χ0n) is 13.3. The Morgan fingerprint density at radius 2 is 1.40 bits per heavy atom. The standard InChI is InChI=1S/C17H24N2S/c1-16(2,3)13(17(4,5)6)15-19-18-14(20-15)12-10-8-7-9-11-12/h7-11,13H,1-6H3. The molecule has 0 N–H and O–H groups in total. The third-order valence-electron chi connectivity index (χ3n) is 3.44. The summed E-state index contributed by atoms with van der Waals surface area (Å²) in [5.41, 5.74) is 1.50. The molecule has 0 saturated carbocycles. The maximum Gasteiger partial charge on any atom is 0.147 e. The number of nitrogens with zero attached hydrogens (tertiary/aromatic N) is 2. The van der Waals surface area contributed by atoms with Gasteiger partial charge in [0.1, 0.15) is 10.0 Å². The van der Waals surface area contributed by atoms with Crippen LogP contribution in [0.2, 0.25) is 0 Å². The van der Waals surface area contributed by atoms with Crippen molar-refractivity contribution in [2.45, 2.75) is 47.5 Å². The lowest BCUT2D eigenvalue weighted by Gasteiger charge is -2.39. The summed E-state index contributed by atoms with van der Waals surface area (Å²) in [7, 11) is 0. The quantitative estimate of drug-likeness (QED) is 0.741. The molecule has 2 rings (SSSR count).